The number of nitrogens with zero attached hydrogens (tertiary/aromatic N) is 3. The third-order valence-corrected chi connectivity index (χ3v) is 1.93. The lowest BCUT2D eigenvalue weighted by atomic mass is 10.4. The molecule has 0 radical (unpaired) electrons. The molecule has 2 aromatic heterocycles. The monoisotopic (exact) mass is 223 g/mol. The Morgan fingerprint density at radius 2 is 2.50 bits per heavy atom. The maximum atomic E-state index is 10.6. The highest BCUT2D eigenvalue weighted by molar-refractivity contribution is 5.55. The average Bonchev–Trinajstić information content (AvgIpc) is 2.83. The molecule has 2 heterocycles. The summed E-state index contributed by atoms with van der Waals surface area (Å²) in [6.45, 7) is 2.12. The lowest BCUT2D eigenvalue weighted by Gasteiger charge is -1.99. The van der Waals surface area contributed by atoms with E-state index < -0.39 is 4.92 Å². The number of nitro groups is 1. The molecule has 0 aliphatic carbocycles. The highest BCUT2D eigenvalue weighted by atomic mass is 16.6. The summed E-state index contributed by atoms with van der Waals surface area (Å²) in [5.41, 5.74) is 1.08. The van der Waals surface area contributed by atoms with Gasteiger partial charge in [-0.15, -0.1) is 5.10 Å². The van der Waals surface area contributed by atoms with Crippen LogP contribution in [0.1, 0.15) is 11.5 Å². The van der Waals surface area contributed by atoms with Gasteiger partial charge in [0, 0.05) is 6.07 Å². The maximum absolute atomic E-state index is 10.6. The van der Waals surface area contributed by atoms with E-state index >= 15 is 0 Å². The molecule has 0 bridgehead atoms. The smallest absolute Gasteiger partial charge is 0.366 e. The minimum absolute atomic E-state index is 0.170. The normalized spacial score (nSPS) is 10.3. The molecule has 2 N–H and O–H groups in total. The second-order valence-corrected chi connectivity index (χ2v) is 3.18. The van der Waals surface area contributed by atoms with E-state index in [1.54, 1.807) is 13.0 Å². The second-order valence-electron chi connectivity index (χ2n) is 3.18. The summed E-state index contributed by atoms with van der Waals surface area (Å²) in [4.78, 5) is 10.0. The van der Waals surface area contributed by atoms with Crippen LogP contribution in [0.25, 0.3) is 0 Å². The summed E-state index contributed by atoms with van der Waals surface area (Å²) in [6.07, 6.45) is 1.35. The molecular formula is C8H9N5O3. The molecule has 0 aliphatic heterocycles. The molecule has 8 nitrogen and oxygen atoms in total. The van der Waals surface area contributed by atoms with Crippen molar-refractivity contribution >= 4 is 11.5 Å². The van der Waals surface area contributed by atoms with Crippen molar-refractivity contribution in [3.8, 4) is 0 Å². The molecule has 2 rings (SSSR count). The Morgan fingerprint density at radius 3 is 3.12 bits per heavy atom. The first-order valence-corrected chi connectivity index (χ1v) is 4.50. The Kier molecular flexibility index (Phi) is 2.54. The Bertz CT molecular complexity index is 503. The number of hydrogen-bond acceptors (Lipinski definition) is 6. The highest BCUT2D eigenvalue weighted by Gasteiger charge is 2.14. The number of aromatic amines is 1. The zero-order valence-electron chi connectivity index (χ0n) is 8.43. The van der Waals surface area contributed by atoms with Crippen molar-refractivity contribution < 1.29 is 9.45 Å². The number of anilines is 1. The van der Waals surface area contributed by atoms with Crippen LogP contribution in [0.3, 0.4) is 0 Å². The molecule has 0 unspecified atom stereocenters. The first kappa shape index (κ1) is 10.1. The van der Waals surface area contributed by atoms with Gasteiger partial charge < -0.3 is 20.0 Å². The van der Waals surface area contributed by atoms with Crippen molar-refractivity contribution in [1.29, 1.82) is 0 Å². The number of hydrogen-bond donors (Lipinski definition) is 2. The van der Waals surface area contributed by atoms with E-state index in [9.17, 15) is 10.1 Å². The number of rotatable bonds is 4. The zero-order chi connectivity index (χ0) is 11.5. The van der Waals surface area contributed by atoms with Crippen LogP contribution in [0.2, 0.25) is 0 Å². The van der Waals surface area contributed by atoms with E-state index in [1.165, 1.54) is 6.20 Å². The zero-order valence-corrected chi connectivity index (χ0v) is 8.43. The Labute approximate surface area is 89.8 Å². The summed E-state index contributed by atoms with van der Waals surface area (Å²) < 4.78 is 4.95. The van der Waals surface area contributed by atoms with Crippen LogP contribution >= 0.6 is 0 Å². The molecule has 2 aromatic rings. The predicted octanol–water partition coefficient (Wildman–Crippen LogP) is 1.23. The number of H-pyrrole nitrogens is 1. The Balaban J connectivity index is 2.04. The lowest BCUT2D eigenvalue weighted by Crippen LogP contribution is -2.00. The van der Waals surface area contributed by atoms with E-state index in [1.807, 2.05) is 0 Å². The van der Waals surface area contributed by atoms with Crippen molar-refractivity contribution in [2.75, 3.05) is 5.32 Å². The second kappa shape index (κ2) is 4.01. The number of nitrogens with one attached hydrogen (secondary N) is 2. The fourth-order valence-corrected chi connectivity index (χ4v) is 1.23. The summed E-state index contributed by atoms with van der Waals surface area (Å²) in [5.74, 6) is 0.434. The molecule has 16 heavy (non-hydrogen) atoms. The standard InChI is InChI=1S/C8H9N5O3/c1-5-2-6(16-12-5)3-9-7-4-10-11-8(7)13(14)15/h2,4,9H,3H2,1H3,(H,10,11). The van der Waals surface area contributed by atoms with E-state index in [2.05, 4.69) is 20.7 Å². The summed E-state index contributed by atoms with van der Waals surface area (Å²) in [7, 11) is 0. The molecule has 8 heteroatoms. The van der Waals surface area contributed by atoms with Crippen LogP contribution < -0.4 is 5.32 Å². The van der Waals surface area contributed by atoms with Gasteiger partial charge in [-0.1, -0.05) is 10.3 Å². The van der Waals surface area contributed by atoms with Crippen LogP contribution in [-0.2, 0) is 6.54 Å². The van der Waals surface area contributed by atoms with Gasteiger partial charge in [0.15, 0.2) is 11.4 Å². The van der Waals surface area contributed by atoms with Gasteiger partial charge in [-0.3, -0.25) is 0 Å². The van der Waals surface area contributed by atoms with Gasteiger partial charge >= 0.3 is 5.82 Å². The minimum Gasteiger partial charge on any atom is -0.369 e. The number of aromatic nitrogens is 3. The summed E-state index contributed by atoms with van der Waals surface area (Å²) in [6, 6.07) is 1.75. The molecule has 0 amide bonds. The van der Waals surface area contributed by atoms with Crippen LogP contribution in [-0.4, -0.2) is 20.3 Å². The third kappa shape index (κ3) is 2.00. The lowest BCUT2D eigenvalue weighted by molar-refractivity contribution is -0.388. The van der Waals surface area contributed by atoms with Gasteiger partial charge in [0.05, 0.1) is 12.2 Å². The first-order chi connectivity index (χ1) is 7.66. The van der Waals surface area contributed by atoms with Crippen molar-refractivity contribution in [2.24, 2.45) is 0 Å². The van der Waals surface area contributed by atoms with E-state index in [-0.39, 0.29) is 5.82 Å². The highest BCUT2D eigenvalue weighted by Crippen LogP contribution is 2.20. The minimum atomic E-state index is -0.541. The Morgan fingerprint density at radius 1 is 1.69 bits per heavy atom. The summed E-state index contributed by atoms with van der Waals surface area (Å²) >= 11 is 0. The van der Waals surface area contributed by atoms with Gasteiger partial charge in [0.1, 0.15) is 6.20 Å². The molecular weight excluding hydrogens is 214 g/mol. The maximum Gasteiger partial charge on any atom is 0.366 e. The molecule has 0 spiro atoms. The van der Waals surface area contributed by atoms with Crippen molar-refractivity contribution in [3.63, 3.8) is 0 Å². The molecule has 0 aromatic carbocycles. The van der Waals surface area contributed by atoms with E-state index in [0.717, 1.165) is 5.69 Å². The summed E-state index contributed by atoms with van der Waals surface area (Å²) in [5, 5.41) is 23.0. The third-order valence-electron chi connectivity index (χ3n) is 1.93. The fourth-order valence-electron chi connectivity index (χ4n) is 1.23. The van der Waals surface area contributed by atoms with Crippen molar-refractivity contribution in [1.82, 2.24) is 15.4 Å². The van der Waals surface area contributed by atoms with Gasteiger partial charge in [-0.05, 0) is 11.8 Å². The van der Waals surface area contributed by atoms with Gasteiger partial charge in [0.2, 0.25) is 0 Å². The van der Waals surface area contributed by atoms with E-state index in [4.69, 9.17) is 4.52 Å². The molecule has 0 saturated heterocycles. The molecule has 84 valence electrons. The van der Waals surface area contributed by atoms with E-state index in [0.29, 0.717) is 18.0 Å². The van der Waals surface area contributed by atoms with Crippen molar-refractivity contribution in [2.45, 2.75) is 13.5 Å². The fraction of sp³-hybridized carbons (Fsp3) is 0.250. The molecule has 0 fully saturated rings. The number of aryl methyl sites for hydroxylation is 1. The molecule has 0 atom stereocenters. The van der Waals surface area contributed by atoms with Crippen LogP contribution in [0.5, 0.6) is 0 Å². The van der Waals surface area contributed by atoms with Crippen LogP contribution in [0.4, 0.5) is 11.5 Å². The quantitative estimate of drug-likeness (QED) is 0.595. The van der Waals surface area contributed by atoms with Crippen LogP contribution in [0, 0.1) is 17.0 Å². The van der Waals surface area contributed by atoms with Gasteiger partial charge in [-0.2, -0.15) is 0 Å². The first-order valence-electron chi connectivity index (χ1n) is 4.50. The van der Waals surface area contributed by atoms with Gasteiger partial charge in [0.25, 0.3) is 0 Å². The topological polar surface area (TPSA) is 110 Å². The van der Waals surface area contributed by atoms with Crippen LogP contribution in [0.15, 0.2) is 16.8 Å². The predicted molar refractivity (Wildman–Crippen MR) is 53.8 cm³/mol. The Hall–Kier alpha value is -2.38. The SMILES string of the molecule is Cc1cc(CNc2cn[nH]c2[N+](=O)[O-])on1. The van der Waals surface area contributed by atoms with Gasteiger partial charge in [-0.25, -0.2) is 0 Å². The largest absolute Gasteiger partial charge is 0.369 e. The average molecular weight is 223 g/mol. The molecule has 0 saturated carbocycles. The van der Waals surface area contributed by atoms with Crippen molar-refractivity contribution in [3.05, 3.63) is 33.8 Å². The molecule has 0 aliphatic rings.